The van der Waals surface area contributed by atoms with E-state index in [0.717, 1.165) is 22.5 Å². The predicted octanol–water partition coefficient (Wildman–Crippen LogP) is 7.22. The van der Waals surface area contributed by atoms with Crippen molar-refractivity contribution < 1.29 is 0 Å². The Balaban J connectivity index is 1.75. The van der Waals surface area contributed by atoms with E-state index >= 15 is 0 Å². The number of benzene rings is 4. The number of hydrogen-bond acceptors (Lipinski definition) is 1. The Hall–Kier alpha value is -3.71. The second kappa shape index (κ2) is 5.90. The SMILES string of the molecule is c1ccc(-c2cc3c(c(-c4ccccc4)n2)-c2cccc4cccc-3c24)cc1. The van der Waals surface area contributed by atoms with Gasteiger partial charge in [0.05, 0.1) is 11.4 Å². The summed E-state index contributed by atoms with van der Waals surface area (Å²) in [5, 5.41) is 2.62. The molecule has 0 unspecified atom stereocenters. The van der Waals surface area contributed by atoms with Crippen LogP contribution in [0.3, 0.4) is 0 Å². The number of aromatic nitrogens is 1. The number of fused-ring (bicyclic) bond motifs is 3. The minimum absolute atomic E-state index is 1.02. The highest BCUT2D eigenvalue weighted by Crippen LogP contribution is 2.51. The van der Waals surface area contributed by atoms with Crippen molar-refractivity contribution in [2.75, 3.05) is 0 Å². The van der Waals surface area contributed by atoms with E-state index in [-0.39, 0.29) is 0 Å². The zero-order chi connectivity index (χ0) is 18.5. The van der Waals surface area contributed by atoms with Crippen LogP contribution in [0.2, 0.25) is 0 Å². The number of nitrogens with zero attached hydrogens (tertiary/aromatic N) is 1. The Kier molecular flexibility index (Phi) is 3.24. The van der Waals surface area contributed by atoms with Crippen LogP contribution in [0.15, 0.2) is 103 Å². The third-order valence-electron chi connectivity index (χ3n) is 5.60. The molecule has 1 aliphatic carbocycles. The van der Waals surface area contributed by atoms with Crippen molar-refractivity contribution in [3.63, 3.8) is 0 Å². The summed E-state index contributed by atoms with van der Waals surface area (Å²) < 4.78 is 0. The summed E-state index contributed by atoms with van der Waals surface area (Å²) in [5.41, 5.74) is 9.49. The van der Waals surface area contributed by atoms with Crippen molar-refractivity contribution >= 4 is 10.8 Å². The van der Waals surface area contributed by atoms with E-state index in [4.69, 9.17) is 4.98 Å². The van der Waals surface area contributed by atoms with Crippen molar-refractivity contribution in [3.8, 4) is 44.8 Å². The zero-order valence-electron chi connectivity index (χ0n) is 15.3. The van der Waals surface area contributed by atoms with Gasteiger partial charge in [0.25, 0.3) is 0 Å². The Labute approximate surface area is 163 Å². The molecule has 1 heterocycles. The molecule has 130 valence electrons. The van der Waals surface area contributed by atoms with Gasteiger partial charge in [-0.05, 0) is 33.5 Å². The molecule has 0 saturated heterocycles. The average molecular weight is 355 g/mol. The van der Waals surface area contributed by atoms with Gasteiger partial charge in [-0.15, -0.1) is 0 Å². The quantitative estimate of drug-likeness (QED) is 0.319. The first-order valence-electron chi connectivity index (χ1n) is 9.58. The van der Waals surface area contributed by atoms with Crippen LogP contribution in [-0.2, 0) is 0 Å². The molecule has 1 nitrogen and oxygen atoms in total. The van der Waals surface area contributed by atoms with Crippen molar-refractivity contribution in [1.82, 2.24) is 4.98 Å². The van der Waals surface area contributed by atoms with Crippen LogP contribution in [0.1, 0.15) is 0 Å². The Morgan fingerprint density at radius 2 is 1.14 bits per heavy atom. The molecule has 0 N–H and O–H groups in total. The van der Waals surface area contributed by atoms with E-state index in [1.165, 1.54) is 33.0 Å². The first-order valence-corrected chi connectivity index (χ1v) is 9.58. The first-order chi connectivity index (χ1) is 13.9. The fourth-order valence-electron chi connectivity index (χ4n) is 4.37. The second-order valence-corrected chi connectivity index (χ2v) is 7.22. The van der Waals surface area contributed by atoms with Crippen LogP contribution in [0.25, 0.3) is 55.5 Å². The molecule has 0 radical (unpaired) electrons. The normalized spacial score (nSPS) is 11.6. The topological polar surface area (TPSA) is 12.9 Å². The third-order valence-corrected chi connectivity index (χ3v) is 5.60. The lowest BCUT2D eigenvalue weighted by Crippen LogP contribution is -1.93. The Morgan fingerprint density at radius 1 is 0.500 bits per heavy atom. The van der Waals surface area contributed by atoms with E-state index in [1.54, 1.807) is 0 Å². The zero-order valence-corrected chi connectivity index (χ0v) is 15.3. The van der Waals surface area contributed by atoms with E-state index in [1.807, 2.05) is 6.07 Å². The first kappa shape index (κ1) is 15.4. The van der Waals surface area contributed by atoms with Gasteiger partial charge in [-0.25, -0.2) is 4.98 Å². The lowest BCUT2D eigenvalue weighted by molar-refractivity contribution is 1.33. The minimum Gasteiger partial charge on any atom is -0.247 e. The summed E-state index contributed by atoms with van der Waals surface area (Å²) in [4.78, 5) is 5.15. The smallest absolute Gasteiger partial charge is 0.0794 e. The maximum Gasteiger partial charge on any atom is 0.0794 e. The minimum atomic E-state index is 1.02. The number of rotatable bonds is 2. The van der Waals surface area contributed by atoms with E-state index in [2.05, 4.69) is 97.1 Å². The third kappa shape index (κ3) is 2.17. The van der Waals surface area contributed by atoms with Crippen LogP contribution in [0.4, 0.5) is 0 Å². The maximum absolute atomic E-state index is 5.15. The van der Waals surface area contributed by atoms with Gasteiger partial charge in [0, 0.05) is 16.7 Å². The molecular formula is C27H17N. The molecule has 0 aliphatic heterocycles. The molecule has 0 amide bonds. The molecule has 1 heteroatoms. The predicted molar refractivity (Wildman–Crippen MR) is 117 cm³/mol. The maximum atomic E-state index is 5.15. The van der Waals surface area contributed by atoms with Crippen LogP contribution in [0.5, 0.6) is 0 Å². The van der Waals surface area contributed by atoms with Gasteiger partial charge >= 0.3 is 0 Å². The monoisotopic (exact) mass is 355 g/mol. The molecular weight excluding hydrogens is 338 g/mol. The second-order valence-electron chi connectivity index (χ2n) is 7.22. The molecule has 5 aromatic rings. The van der Waals surface area contributed by atoms with Crippen molar-refractivity contribution in [2.45, 2.75) is 0 Å². The molecule has 0 fully saturated rings. The van der Waals surface area contributed by atoms with Crippen molar-refractivity contribution in [1.29, 1.82) is 0 Å². The molecule has 4 aromatic carbocycles. The van der Waals surface area contributed by atoms with Gasteiger partial charge in [-0.2, -0.15) is 0 Å². The lowest BCUT2D eigenvalue weighted by Gasteiger charge is -2.13. The largest absolute Gasteiger partial charge is 0.247 e. The standard InChI is InChI=1S/C27H17N/c1-3-9-18(10-4-1)24-17-23-21-15-7-13-19-14-8-16-22(25(19)21)26(23)27(28-24)20-11-5-2-6-12-20/h1-17H. The van der Waals surface area contributed by atoms with E-state index < -0.39 is 0 Å². The highest BCUT2D eigenvalue weighted by Gasteiger charge is 2.26. The van der Waals surface area contributed by atoms with Gasteiger partial charge in [0.1, 0.15) is 0 Å². The highest BCUT2D eigenvalue weighted by atomic mass is 14.7. The van der Waals surface area contributed by atoms with Crippen LogP contribution in [-0.4, -0.2) is 4.98 Å². The van der Waals surface area contributed by atoms with Gasteiger partial charge in [0.2, 0.25) is 0 Å². The molecule has 28 heavy (non-hydrogen) atoms. The van der Waals surface area contributed by atoms with Gasteiger partial charge < -0.3 is 0 Å². The fraction of sp³-hybridized carbons (Fsp3) is 0. The summed E-state index contributed by atoms with van der Waals surface area (Å²) in [6, 6.07) is 36.4. The molecule has 0 saturated carbocycles. The summed E-state index contributed by atoms with van der Waals surface area (Å²) >= 11 is 0. The average Bonchev–Trinajstić information content (AvgIpc) is 3.10. The molecule has 0 atom stereocenters. The van der Waals surface area contributed by atoms with Gasteiger partial charge in [-0.3, -0.25) is 0 Å². The van der Waals surface area contributed by atoms with Crippen LogP contribution < -0.4 is 0 Å². The highest BCUT2D eigenvalue weighted by molar-refractivity contribution is 6.18. The Morgan fingerprint density at radius 3 is 1.86 bits per heavy atom. The molecule has 0 bridgehead atoms. The lowest BCUT2D eigenvalue weighted by atomic mass is 9.96. The van der Waals surface area contributed by atoms with Crippen molar-refractivity contribution in [3.05, 3.63) is 103 Å². The Bertz CT molecular complexity index is 1330. The van der Waals surface area contributed by atoms with Crippen molar-refractivity contribution in [2.24, 2.45) is 0 Å². The van der Waals surface area contributed by atoms with Crippen LogP contribution in [0, 0.1) is 0 Å². The molecule has 0 spiro atoms. The van der Waals surface area contributed by atoms with Gasteiger partial charge in [0.15, 0.2) is 0 Å². The summed E-state index contributed by atoms with van der Waals surface area (Å²) in [6.07, 6.45) is 0. The van der Waals surface area contributed by atoms with E-state index in [9.17, 15) is 0 Å². The summed E-state index contributed by atoms with van der Waals surface area (Å²) in [7, 11) is 0. The molecule has 6 rings (SSSR count). The molecule has 1 aliphatic rings. The summed E-state index contributed by atoms with van der Waals surface area (Å²) in [6.45, 7) is 0. The fourth-order valence-corrected chi connectivity index (χ4v) is 4.37. The van der Waals surface area contributed by atoms with E-state index in [0.29, 0.717) is 0 Å². The number of hydrogen-bond donors (Lipinski definition) is 0. The van der Waals surface area contributed by atoms with Gasteiger partial charge in [-0.1, -0.05) is 97.1 Å². The van der Waals surface area contributed by atoms with Crippen LogP contribution >= 0.6 is 0 Å². The number of pyridine rings is 1. The summed E-state index contributed by atoms with van der Waals surface area (Å²) in [5.74, 6) is 0. The molecule has 1 aromatic heterocycles.